The molecule has 0 aromatic heterocycles. The van der Waals surface area contributed by atoms with Crippen LogP contribution in [-0.4, -0.2) is 18.9 Å². The van der Waals surface area contributed by atoms with E-state index >= 15 is 0 Å². The van der Waals surface area contributed by atoms with Crippen LogP contribution in [0.25, 0.3) is 0 Å². The van der Waals surface area contributed by atoms with Crippen LogP contribution < -0.4 is 4.90 Å². The minimum absolute atomic E-state index is 0.277. The quantitative estimate of drug-likeness (QED) is 0.730. The van der Waals surface area contributed by atoms with Gasteiger partial charge in [0.1, 0.15) is 12.1 Å². The lowest BCUT2D eigenvalue weighted by atomic mass is 10.1. The first-order chi connectivity index (χ1) is 7.93. The van der Waals surface area contributed by atoms with E-state index in [4.69, 9.17) is 0 Å². The highest BCUT2D eigenvalue weighted by molar-refractivity contribution is 5.77. The predicted molar refractivity (Wildman–Crippen MR) is 69.1 cm³/mol. The summed E-state index contributed by atoms with van der Waals surface area (Å²) >= 11 is 0. The first-order valence-electron chi connectivity index (χ1n) is 5.96. The summed E-state index contributed by atoms with van der Waals surface area (Å²) in [5.41, 5.74) is 1.16. The molecule has 0 aliphatic heterocycles. The largest absolute Gasteiger partial charge is 0.369 e. The Morgan fingerprint density at radius 3 is 2.35 bits per heavy atom. The maximum atomic E-state index is 13.4. The summed E-state index contributed by atoms with van der Waals surface area (Å²) in [6.45, 7) is 9.21. The predicted octanol–water partition coefficient (Wildman–Crippen LogP) is 3.51. The fraction of sp³-hybridized carbons (Fsp3) is 0.500. The molecule has 1 aromatic carbocycles. The molecule has 0 radical (unpaired) electrons. The number of halogens is 1. The molecule has 0 saturated carbocycles. The summed E-state index contributed by atoms with van der Waals surface area (Å²) in [5.74, 6) is 0.124. The Balaban J connectivity index is 3.08. The minimum Gasteiger partial charge on any atom is -0.369 e. The first-order valence-corrected chi connectivity index (χ1v) is 5.96. The third-order valence-corrected chi connectivity index (χ3v) is 2.56. The lowest BCUT2D eigenvalue weighted by Crippen LogP contribution is -2.34. The third-order valence-electron chi connectivity index (χ3n) is 2.56. The zero-order valence-corrected chi connectivity index (χ0v) is 10.9. The zero-order chi connectivity index (χ0) is 13.0. The van der Waals surface area contributed by atoms with E-state index in [1.807, 2.05) is 0 Å². The molecule has 0 spiro atoms. The molecule has 1 rings (SSSR count). The summed E-state index contributed by atoms with van der Waals surface area (Å²) in [7, 11) is 0. The van der Waals surface area contributed by atoms with Gasteiger partial charge in [0.05, 0.1) is 0 Å². The van der Waals surface area contributed by atoms with Gasteiger partial charge in [0, 0.05) is 23.8 Å². The highest BCUT2D eigenvalue weighted by atomic mass is 19.1. The average Bonchev–Trinajstić information content (AvgIpc) is 2.24. The van der Waals surface area contributed by atoms with Crippen LogP contribution in [0, 0.1) is 11.7 Å². The van der Waals surface area contributed by atoms with Crippen LogP contribution in [-0.2, 0) is 0 Å². The van der Waals surface area contributed by atoms with Gasteiger partial charge in [-0.2, -0.15) is 0 Å². The van der Waals surface area contributed by atoms with E-state index in [9.17, 15) is 9.18 Å². The summed E-state index contributed by atoms with van der Waals surface area (Å²) in [6.07, 6.45) is 0.681. The molecule has 0 fully saturated rings. The molecule has 2 nitrogen and oxygen atoms in total. The Kier molecular flexibility index (Phi) is 4.67. The van der Waals surface area contributed by atoms with Crippen molar-refractivity contribution in [1.82, 2.24) is 0 Å². The van der Waals surface area contributed by atoms with E-state index in [1.165, 1.54) is 12.1 Å². The van der Waals surface area contributed by atoms with Crippen molar-refractivity contribution in [3.63, 3.8) is 0 Å². The monoisotopic (exact) mass is 237 g/mol. The van der Waals surface area contributed by atoms with Crippen LogP contribution in [0.4, 0.5) is 10.1 Å². The van der Waals surface area contributed by atoms with Crippen LogP contribution in [0.15, 0.2) is 18.2 Å². The third kappa shape index (κ3) is 3.84. The van der Waals surface area contributed by atoms with Crippen molar-refractivity contribution in [3.05, 3.63) is 29.6 Å². The normalized spacial score (nSPS) is 11.0. The van der Waals surface area contributed by atoms with Crippen molar-refractivity contribution < 1.29 is 9.18 Å². The lowest BCUT2D eigenvalue weighted by molar-refractivity contribution is 0.112. The fourth-order valence-corrected chi connectivity index (χ4v) is 1.84. The Morgan fingerprint density at radius 2 is 1.88 bits per heavy atom. The molecule has 0 bridgehead atoms. The van der Waals surface area contributed by atoms with Gasteiger partial charge in [-0.25, -0.2) is 4.39 Å². The summed E-state index contributed by atoms with van der Waals surface area (Å²) in [6, 6.07) is 4.75. The summed E-state index contributed by atoms with van der Waals surface area (Å²) in [5, 5.41) is 0. The van der Waals surface area contributed by atoms with E-state index in [0.717, 1.165) is 12.2 Å². The van der Waals surface area contributed by atoms with Crippen LogP contribution in [0.2, 0.25) is 0 Å². The standard InChI is InChI=1S/C14H20FNO/c1-10(2)8-16(11(3)4)14-6-12(9-17)5-13(15)7-14/h5-7,9-11H,8H2,1-4H3. The Morgan fingerprint density at radius 1 is 1.24 bits per heavy atom. The Labute approximate surface area is 102 Å². The molecule has 0 heterocycles. The van der Waals surface area contributed by atoms with Gasteiger partial charge in [0.15, 0.2) is 0 Å². The molecule has 94 valence electrons. The van der Waals surface area contributed by atoms with Crippen molar-refractivity contribution >= 4 is 12.0 Å². The van der Waals surface area contributed by atoms with Gasteiger partial charge in [-0.3, -0.25) is 4.79 Å². The van der Waals surface area contributed by atoms with Crippen molar-refractivity contribution in [3.8, 4) is 0 Å². The molecule has 3 heteroatoms. The molecule has 0 unspecified atom stereocenters. The Hall–Kier alpha value is -1.38. The molecule has 0 aliphatic carbocycles. The topological polar surface area (TPSA) is 20.3 Å². The summed E-state index contributed by atoms with van der Waals surface area (Å²) < 4.78 is 13.4. The van der Waals surface area contributed by atoms with Gasteiger partial charge in [-0.1, -0.05) is 13.8 Å². The van der Waals surface area contributed by atoms with Gasteiger partial charge in [-0.15, -0.1) is 0 Å². The molecule has 0 saturated heterocycles. The number of hydrogen-bond acceptors (Lipinski definition) is 2. The highest BCUT2D eigenvalue weighted by Crippen LogP contribution is 2.21. The van der Waals surface area contributed by atoms with Crippen LogP contribution in [0.1, 0.15) is 38.1 Å². The second kappa shape index (κ2) is 5.80. The maximum absolute atomic E-state index is 13.4. The number of rotatable bonds is 5. The van der Waals surface area contributed by atoms with Crippen LogP contribution in [0.5, 0.6) is 0 Å². The molecule has 0 aliphatic rings. The second-order valence-corrected chi connectivity index (χ2v) is 5.00. The molecule has 0 N–H and O–H groups in total. The number of carbonyl (C=O) groups is 1. The van der Waals surface area contributed by atoms with Gasteiger partial charge in [-0.05, 0) is 38.0 Å². The number of aldehydes is 1. The van der Waals surface area contributed by atoms with Gasteiger partial charge in [0.2, 0.25) is 0 Å². The van der Waals surface area contributed by atoms with E-state index in [1.54, 1.807) is 6.07 Å². The number of benzene rings is 1. The highest BCUT2D eigenvalue weighted by Gasteiger charge is 2.13. The maximum Gasteiger partial charge on any atom is 0.150 e. The Bertz CT molecular complexity index is 388. The SMILES string of the molecule is CC(C)CN(c1cc(F)cc(C=O)c1)C(C)C. The van der Waals surface area contributed by atoms with E-state index in [-0.39, 0.29) is 11.9 Å². The summed E-state index contributed by atoms with van der Waals surface area (Å²) in [4.78, 5) is 12.9. The van der Waals surface area contributed by atoms with Crippen molar-refractivity contribution in [1.29, 1.82) is 0 Å². The van der Waals surface area contributed by atoms with Crippen LogP contribution in [0.3, 0.4) is 0 Å². The molecule has 1 aromatic rings. The van der Waals surface area contributed by atoms with E-state index in [0.29, 0.717) is 17.8 Å². The number of nitrogens with zero attached hydrogens (tertiary/aromatic N) is 1. The molecular weight excluding hydrogens is 217 g/mol. The van der Waals surface area contributed by atoms with Gasteiger partial charge >= 0.3 is 0 Å². The minimum atomic E-state index is -0.362. The molecular formula is C14H20FNO. The van der Waals surface area contributed by atoms with Crippen molar-refractivity contribution in [2.45, 2.75) is 33.7 Å². The van der Waals surface area contributed by atoms with Crippen molar-refractivity contribution in [2.75, 3.05) is 11.4 Å². The van der Waals surface area contributed by atoms with Gasteiger partial charge < -0.3 is 4.90 Å². The van der Waals surface area contributed by atoms with Gasteiger partial charge in [0.25, 0.3) is 0 Å². The zero-order valence-electron chi connectivity index (χ0n) is 10.9. The average molecular weight is 237 g/mol. The second-order valence-electron chi connectivity index (χ2n) is 5.00. The van der Waals surface area contributed by atoms with E-state index in [2.05, 4.69) is 32.6 Å². The molecule has 17 heavy (non-hydrogen) atoms. The van der Waals surface area contributed by atoms with Crippen LogP contribution >= 0.6 is 0 Å². The van der Waals surface area contributed by atoms with E-state index < -0.39 is 0 Å². The smallest absolute Gasteiger partial charge is 0.150 e. The number of hydrogen-bond donors (Lipinski definition) is 0. The lowest BCUT2D eigenvalue weighted by Gasteiger charge is -2.31. The molecule has 0 atom stereocenters. The number of anilines is 1. The fourth-order valence-electron chi connectivity index (χ4n) is 1.84. The van der Waals surface area contributed by atoms with Crippen molar-refractivity contribution in [2.24, 2.45) is 5.92 Å². The molecule has 0 amide bonds. The number of carbonyl (C=O) groups excluding carboxylic acids is 1. The first kappa shape index (κ1) is 13.7.